The average Bonchev–Trinajstić information content (AvgIpc) is 2.99. The van der Waals surface area contributed by atoms with Crippen LogP contribution in [0, 0.1) is 57.2 Å². The molecule has 0 aromatic rings. The minimum absolute atomic E-state index is 0.00645. The van der Waals surface area contributed by atoms with E-state index in [0.29, 0.717) is 29.1 Å². The molecule has 10 atom stereocenters. The van der Waals surface area contributed by atoms with Crippen molar-refractivity contribution in [3.8, 4) is 0 Å². The van der Waals surface area contributed by atoms with Crippen molar-refractivity contribution in [1.29, 1.82) is 0 Å². The molecule has 3 unspecified atom stereocenters. The van der Waals surface area contributed by atoms with Crippen LogP contribution in [0.5, 0.6) is 0 Å². The largest absolute Gasteiger partial charge is 0.464 e. The second-order valence-electron chi connectivity index (χ2n) is 14.9. The molecule has 200 valence electrons. The molecule has 3 heteroatoms. The number of allylic oxidation sites excluding steroid dienone is 1. The Morgan fingerprint density at radius 3 is 2.34 bits per heavy atom. The molecule has 0 bridgehead atoms. The van der Waals surface area contributed by atoms with Gasteiger partial charge < -0.3 is 9.84 Å². The van der Waals surface area contributed by atoms with Crippen molar-refractivity contribution < 1.29 is 14.6 Å². The Hall–Kier alpha value is -0.830. The topological polar surface area (TPSA) is 46.5 Å². The molecule has 1 N–H and O–H groups in total. The van der Waals surface area contributed by atoms with Gasteiger partial charge >= 0.3 is 0 Å². The van der Waals surface area contributed by atoms with Crippen LogP contribution in [0.15, 0.2) is 12.2 Å². The molecule has 3 nitrogen and oxygen atoms in total. The molecule has 0 heterocycles. The zero-order chi connectivity index (χ0) is 26.0. The van der Waals surface area contributed by atoms with Crippen LogP contribution in [-0.4, -0.2) is 23.8 Å². The molecule has 0 aromatic carbocycles. The van der Waals surface area contributed by atoms with Gasteiger partial charge in [-0.05, 0) is 109 Å². The third-order valence-corrected chi connectivity index (χ3v) is 13.3. The van der Waals surface area contributed by atoms with E-state index in [4.69, 9.17) is 4.74 Å². The van der Waals surface area contributed by atoms with Crippen molar-refractivity contribution in [2.24, 2.45) is 57.2 Å². The van der Waals surface area contributed by atoms with E-state index in [2.05, 4.69) is 62.0 Å². The number of aliphatic hydroxyl groups is 1. The summed E-state index contributed by atoms with van der Waals surface area (Å²) < 4.78 is 5.78. The van der Waals surface area contributed by atoms with Gasteiger partial charge in [0.1, 0.15) is 6.10 Å². The van der Waals surface area contributed by atoms with Crippen molar-refractivity contribution in [2.75, 3.05) is 0 Å². The molecule has 0 amide bonds. The Kier molecular flexibility index (Phi) is 7.13. The first kappa shape index (κ1) is 27.2. The molecule has 0 saturated heterocycles. The van der Waals surface area contributed by atoms with E-state index in [1.54, 1.807) is 0 Å². The van der Waals surface area contributed by atoms with Crippen molar-refractivity contribution >= 4 is 6.47 Å². The Balaban J connectivity index is 1.63. The van der Waals surface area contributed by atoms with E-state index in [1.807, 2.05) is 0 Å². The summed E-state index contributed by atoms with van der Waals surface area (Å²) in [5.41, 5.74) is 2.08. The highest BCUT2D eigenvalue weighted by atomic mass is 16.5. The van der Waals surface area contributed by atoms with Gasteiger partial charge in [-0.25, -0.2) is 0 Å². The lowest BCUT2D eigenvalue weighted by atomic mass is 9.37. The predicted octanol–water partition coefficient (Wildman–Crippen LogP) is 7.81. The molecule has 4 saturated carbocycles. The highest BCUT2D eigenvalue weighted by molar-refractivity contribution is 5.38. The second kappa shape index (κ2) is 9.17. The zero-order valence-corrected chi connectivity index (χ0v) is 24.0. The predicted molar refractivity (Wildman–Crippen MR) is 144 cm³/mol. The minimum Gasteiger partial charge on any atom is -0.464 e. The smallest absolute Gasteiger partial charge is 0.293 e. The Labute approximate surface area is 215 Å². The van der Waals surface area contributed by atoms with Gasteiger partial charge in [0, 0.05) is 5.92 Å². The number of ether oxygens (including phenoxy) is 1. The lowest BCUT2D eigenvalue weighted by Crippen LogP contribution is -2.61. The van der Waals surface area contributed by atoms with Gasteiger partial charge in [0.2, 0.25) is 0 Å². The maximum Gasteiger partial charge on any atom is 0.293 e. The van der Waals surface area contributed by atoms with E-state index >= 15 is 0 Å². The van der Waals surface area contributed by atoms with Crippen LogP contribution < -0.4 is 0 Å². The van der Waals surface area contributed by atoms with Gasteiger partial charge in [-0.2, -0.15) is 0 Å². The number of carbonyl (C=O) groups excluding carboxylic acids is 1. The van der Waals surface area contributed by atoms with Gasteiger partial charge in [0.25, 0.3) is 6.47 Å². The SMILES string of the molecule is C=C(CC[C@@H](OC=O)[C@H]1[C@H](O)C[C@@]2(C)C3CC[C@H]4C(C)(C)C(C)CC[C@]4(C)C3CC[C@]12C)C(C)C. The summed E-state index contributed by atoms with van der Waals surface area (Å²) in [4.78, 5) is 11.6. The fourth-order valence-corrected chi connectivity index (χ4v) is 10.5. The molecular weight excluding hydrogens is 432 g/mol. The zero-order valence-electron chi connectivity index (χ0n) is 24.0. The molecule has 0 aromatic heterocycles. The van der Waals surface area contributed by atoms with E-state index in [-0.39, 0.29) is 22.9 Å². The van der Waals surface area contributed by atoms with Gasteiger partial charge in [0.05, 0.1) is 6.10 Å². The first-order chi connectivity index (χ1) is 16.2. The highest BCUT2D eigenvalue weighted by Crippen LogP contribution is 2.74. The van der Waals surface area contributed by atoms with Crippen LogP contribution in [0.25, 0.3) is 0 Å². The average molecular weight is 487 g/mol. The quantitative estimate of drug-likeness (QED) is 0.295. The number of aliphatic hydroxyl groups excluding tert-OH is 1. The van der Waals surface area contributed by atoms with Crippen LogP contribution in [0.3, 0.4) is 0 Å². The maximum atomic E-state index is 11.6. The number of hydrogen-bond acceptors (Lipinski definition) is 3. The van der Waals surface area contributed by atoms with Crippen LogP contribution in [0.4, 0.5) is 0 Å². The van der Waals surface area contributed by atoms with Crippen molar-refractivity contribution in [1.82, 2.24) is 0 Å². The van der Waals surface area contributed by atoms with Gasteiger partial charge in [-0.3, -0.25) is 4.79 Å². The standard InChI is InChI=1S/C32H54O3/c1-20(2)21(3)10-12-26(35-19-33)28-25(34)18-32(9)24-11-13-27-29(5,6)22(4)14-16-30(27,7)23(24)15-17-31(28,32)8/h19-20,22-28,34H,3,10-18H2,1-2,4-9H3/t22?,23?,24?,25-,26-,27+,28-,30-,31-,32+/m1/s1. The van der Waals surface area contributed by atoms with Gasteiger partial charge in [-0.1, -0.05) is 67.5 Å². The number of hydrogen-bond donors (Lipinski definition) is 1. The molecule has 35 heavy (non-hydrogen) atoms. The molecule has 0 aliphatic heterocycles. The molecule has 4 fully saturated rings. The van der Waals surface area contributed by atoms with E-state index in [0.717, 1.165) is 43.4 Å². The summed E-state index contributed by atoms with van der Waals surface area (Å²) in [5.74, 6) is 3.41. The molecular formula is C32H54O3. The van der Waals surface area contributed by atoms with E-state index < -0.39 is 6.10 Å². The molecule has 0 radical (unpaired) electrons. The fraction of sp³-hybridized carbons (Fsp3) is 0.906. The first-order valence-corrected chi connectivity index (χ1v) is 14.7. The molecule has 4 rings (SSSR count). The van der Waals surface area contributed by atoms with Gasteiger partial charge in [-0.15, -0.1) is 0 Å². The molecule has 4 aliphatic carbocycles. The highest BCUT2D eigenvalue weighted by Gasteiger charge is 2.69. The van der Waals surface area contributed by atoms with Crippen molar-refractivity contribution in [3.63, 3.8) is 0 Å². The summed E-state index contributed by atoms with van der Waals surface area (Å²) >= 11 is 0. The van der Waals surface area contributed by atoms with Crippen LogP contribution in [0.2, 0.25) is 0 Å². The summed E-state index contributed by atoms with van der Waals surface area (Å²) in [7, 11) is 0. The lowest BCUT2D eigenvalue weighted by molar-refractivity contribution is -0.193. The van der Waals surface area contributed by atoms with Crippen molar-refractivity contribution in [2.45, 2.75) is 125 Å². The summed E-state index contributed by atoms with van der Waals surface area (Å²) in [6.07, 6.45) is 9.53. The fourth-order valence-electron chi connectivity index (χ4n) is 10.5. The van der Waals surface area contributed by atoms with Crippen LogP contribution >= 0.6 is 0 Å². The normalized spacial score (nSPS) is 47.4. The Bertz CT molecular complexity index is 816. The van der Waals surface area contributed by atoms with E-state index in [9.17, 15) is 9.90 Å². The molecule has 0 spiro atoms. The van der Waals surface area contributed by atoms with E-state index in [1.165, 1.54) is 37.7 Å². The molecule has 4 aliphatic rings. The number of fused-ring (bicyclic) bond motifs is 5. The third-order valence-electron chi connectivity index (χ3n) is 13.3. The Morgan fingerprint density at radius 1 is 1.03 bits per heavy atom. The van der Waals surface area contributed by atoms with Crippen molar-refractivity contribution in [3.05, 3.63) is 12.2 Å². The number of rotatable bonds is 7. The van der Waals surface area contributed by atoms with Crippen LogP contribution in [-0.2, 0) is 9.53 Å². The van der Waals surface area contributed by atoms with Crippen LogP contribution in [0.1, 0.15) is 113 Å². The summed E-state index contributed by atoms with van der Waals surface area (Å²) in [6.45, 7) is 24.3. The maximum absolute atomic E-state index is 11.6. The first-order valence-electron chi connectivity index (χ1n) is 14.7. The lowest BCUT2D eigenvalue weighted by Gasteiger charge is -2.67. The summed E-state index contributed by atoms with van der Waals surface area (Å²) in [6, 6.07) is 0. The second-order valence-corrected chi connectivity index (χ2v) is 14.9. The number of carbonyl (C=O) groups is 1. The minimum atomic E-state index is -0.408. The van der Waals surface area contributed by atoms with Gasteiger partial charge in [0.15, 0.2) is 0 Å². The summed E-state index contributed by atoms with van der Waals surface area (Å²) in [5, 5.41) is 11.6. The third kappa shape index (κ3) is 3.96. The monoisotopic (exact) mass is 486 g/mol. The Morgan fingerprint density at radius 2 is 1.71 bits per heavy atom.